The standard InChI is InChI=1S/C13H22N4O2/c1-17(2)8-6-14-11-4-5-12(16-10-11)13(18)15-7-9-19-3/h4-5,10,14H,6-9H2,1-3H3,(H,15,18). The van der Waals surface area contributed by atoms with E-state index in [2.05, 4.69) is 20.5 Å². The molecule has 0 saturated carbocycles. The van der Waals surface area contributed by atoms with Gasteiger partial charge < -0.3 is 20.3 Å². The summed E-state index contributed by atoms with van der Waals surface area (Å²) < 4.78 is 4.86. The zero-order valence-electron chi connectivity index (χ0n) is 11.8. The molecule has 106 valence electrons. The Morgan fingerprint density at radius 3 is 2.74 bits per heavy atom. The van der Waals surface area contributed by atoms with E-state index in [-0.39, 0.29) is 5.91 Å². The quantitative estimate of drug-likeness (QED) is 0.668. The number of carbonyl (C=O) groups excluding carboxylic acids is 1. The number of aromatic nitrogens is 1. The maximum atomic E-state index is 11.7. The maximum absolute atomic E-state index is 11.7. The van der Waals surface area contributed by atoms with Gasteiger partial charge in [-0.25, -0.2) is 4.98 Å². The van der Waals surface area contributed by atoms with Crippen LogP contribution in [-0.4, -0.2) is 63.2 Å². The maximum Gasteiger partial charge on any atom is 0.269 e. The second-order valence-corrected chi connectivity index (χ2v) is 4.41. The van der Waals surface area contributed by atoms with Crippen molar-refractivity contribution in [3.05, 3.63) is 24.0 Å². The second kappa shape index (κ2) is 8.44. The average molecular weight is 266 g/mol. The highest BCUT2D eigenvalue weighted by Gasteiger charge is 2.05. The van der Waals surface area contributed by atoms with Gasteiger partial charge in [0.1, 0.15) is 5.69 Å². The van der Waals surface area contributed by atoms with Crippen LogP contribution in [0.1, 0.15) is 10.5 Å². The van der Waals surface area contributed by atoms with Gasteiger partial charge in [-0.05, 0) is 26.2 Å². The number of amides is 1. The third kappa shape index (κ3) is 6.17. The minimum atomic E-state index is -0.183. The van der Waals surface area contributed by atoms with Crippen molar-refractivity contribution >= 4 is 11.6 Å². The molecule has 6 nitrogen and oxygen atoms in total. The Labute approximate surface area is 114 Å². The van der Waals surface area contributed by atoms with Gasteiger partial charge in [-0.3, -0.25) is 4.79 Å². The highest BCUT2D eigenvalue weighted by atomic mass is 16.5. The molecule has 0 fully saturated rings. The Morgan fingerprint density at radius 2 is 2.16 bits per heavy atom. The van der Waals surface area contributed by atoms with E-state index >= 15 is 0 Å². The summed E-state index contributed by atoms with van der Waals surface area (Å²) in [5, 5.41) is 5.96. The van der Waals surface area contributed by atoms with Crippen LogP contribution in [-0.2, 0) is 4.74 Å². The molecule has 0 saturated heterocycles. The van der Waals surface area contributed by atoms with Crippen molar-refractivity contribution in [1.82, 2.24) is 15.2 Å². The number of hydrogen-bond donors (Lipinski definition) is 2. The molecular weight excluding hydrogens is 244 g/mol. The minimum Gasteiger partial charge on any atom is -0.383 e. The van der Waals surface area contributed by atoms with Crippen molar-refractivity contribution in [2.24, 2.45) is 0 Å². The fraction of sp³-hybridized carbons (Fsp3) is 0.538. The molecule has 1 rings (SSSR count). The van der Waals surface area contributed by atoms with Crippen LogP contribution in [0.25, 0.3) is 0 Å². The van der Waals surface area contributed by atoms with Crippen LogP contribution < -0.4 is 10.6 Å². The normalized spacial score (nSPS) is 10.5. The van der Waals surface area contributed by atoms with E-state index in [9.17, 15) is 4.79 Å². The molecule has 0 spiro atoms. The first-order valence-corrected chi connectivity index (χ1v) is 6.25. The second-order valence-electron chi connectivity index (χ2n) is 4.41. The van der Waals surface area contributed by atoms with Gasteiger partial charge in [0.15, 0.2) is 0 Å². The number of pyridine rings is 1. The topological polar surface area (TPSA) is 66.5 Å². The zero-order valence-corrected chi connectivity index (χ0v) is 11.8. The summed E-state index contributed by atoms with van der Waals surface area (Å²) in [6.45, 7) is 2.77. The molecule has 19 heavy (non-hydrogen) atoms. The van der Waals surface area contributed by atoms with Crippen molar-refractivity contribution in [3.8, 4) is 0 Å². The molecule has 0 atom stereocenters. The van der Waals surface area contributed by atoms with Crippen LogP contribution >= 0.6 is 0 Å². The summed E-state index contributed by atoms with van der Waals surface area (Å²) in [5.41, 5.74) is 1.32. The van der Waals surface area contributed by atoms with Crippen LogP contribution in [0.5, 0.6) is 0 Å². The number of methoxy groups -OCH3 is 1. The number of rotatable bonds is 8. The lowest BCUT2D eigenvalue weighted by Crippen LogP contribution is -2.27. The summed E-state index contributed by atoms with van der Waals surface area (Å²) in [7, 11) is 5.64. The lowest BCUT2D eigenvalue weighted by atomic mass is 10.3. The SMILES string of the molecule is COCCNC(=O)c1ccc(NCCN(C)C)cn1. The van der Waals surface area contributed by atoms with Gasteiger partial charge in [0.2, 0.25) is 0 Å². The number of ether oxygens (including phenoxy) is 1. The minimum absolute atomic E-state index is 0.183. The predicted octanol–water partition coefficient (Wildman–Crippen LogP) is 0.431. The Morgan fingerprint density at radius 1 is 1.37 bits per heavy atom. The van der Waals surface area contributed by atoms with Gasteiger partial charge in [-0.1, -0.05) is 0 Å². The predicted molar refractivity (Wildman–Crippen MR) is 75.5 cm³/mol. The third-order valence-corrected chi connectivity index (χ3v) is 2.48. The van der Waals surface area contributed by atoms with Crippen molar-refractivity contribution in [2.45, 2.75) is 0 Å². The van der Waals surface area contributed by atoms with E-state index in [1.807, 2.05) is 20.2 Å². The average Bonchev–Trinajstić information content (AvgIpc) is 2.39. The van der Waals surface area contributed by atoms with E-state index in [0.29, 0.717) is 18.8 Å². The number of likely N-dealkylation sites (N-methyl/N-ethyl adjacent to an activating group) is 1. The monoisotopic (exact) mass is 266 g/mol. The summed E-state index contributed by atoms with van der Waals surface area (Å²) >= 11 is 0. The summed E-state index contributed by atoms with van der Waals surface area (Å²) in [5.74, 6) is -0.183. The van der Waals surface area contributed by atoms with E-state index in [0.717, 1.165) is 18.8 Å². The van der Waals surface area contributed by atoms with E-state index in [4.69, 9.17) is 4.74 Å². The first-order chi connectivity index (χ1) is 9.13. The number of nitrogens with one attached hydrogen (secondary N) is 2. The van der Waals surface area contributed by atoms with Gasteiger partial charge in [0.05, 0.1) is 18.5 Å². The number of hydrogen-bond acceptors (Lipinski definition) is 5. The largest absolute Gasteiger partial charge is 0.383 e. The van der Waals surface area contributed by atoms with Crippen LogP contribution in [0.4, 0.5) is 5.69 Å². The van der Waals surface area contributed by atoms with Crippen molar-refractivity contribution < 1.29 is 9.53 Å². The molecule has 6 heteroatoms. The molecule has 0 aliphatic rings. The van der Waals surface area contributed by atoms with Crippen molar-refractivity contribution in [2.75, 3.05) is 52.8 Å². The van der Waals surface area contributed by atoms with Crippen LogP contribution in [0.15, 0.2) is 18.3 Å². The molecule has 0 aliphatic carbocycles. The van der Waals surface area contributed by atoms with Crippen LogP contribution in [0.3, 0.4) is 0 Å². The third-order valence-electron chi connectivity index (χ3n) is 2.48. The number of carbonyl (C=O) groups is 1. The summed E-state index contributed by atoms with van der Waals surface area (Å²) in [6, 6.07) is 3.56. The molecular formula is C13H22N4O2. The van der Waals surface area contributed by atoms with Gasteiger partial charge >= 0.3 is 0 Å². The molecule has 1 heterocycles. The molecule has 0 aliphatic heterocycles. The molecule has 0 unspecified atom stereocenters. The van der Waals surface area contributed by atoms with Crippen LogP contribution in [0, 0.1) is 0 Å². The molecule has 2 N–H and O–H groups in total. The van der Waals surface area contributed by atoms with Gasteiger partial charge in [0.25, 0.3) is 5.91 Å². The number of anilines is 1. The molecule has 1 aromatic heterocycles. The summed E-state index contributed by atoms with van der Waals surface area (Å²) in [6.07, 6.45) is 1.67. The Bertz CT molecular complexity index is 379. The smallest absolute Gasteiger partial charge is 0.269 e. The van der Waals surface area contributed by atoms with Crippen molar-refractivity contribution in [3.63, 3.8) is 0 Å². The molecule has 0 aromatic carbocycles. The Balaban J connectivity index is 2.40. The van der Waals surface area contributed by atoms with E-state index < -0.39 is 0 Å². The van der Waals surface area contributed by atoms with Gasteiger partial charge in [-0.2, -0.15) is 0 Å². The van der Waals surface area contributed by atoms with Gasteiger partial charge in [0, 0.05) is 26.7 Å². The Hall–Kier alpha value is -1.66. The highest BCUT2D eigenvalue weighted by Crippen LogP contribution is 2.05. The lowest BCUT2D eigenvalue weighted by Gasteiger charge is -2.11. The first-order valence-electron chi connectivity index (χ1n) is 6.25. The van der Waals surface area contributed by atoms with Crippen molar-refractivity contribution in [1.29, 1.82) is 0 Å². The van der Waals surface area contributed by atoms with E-state index in [1.165, 1.54) is 0 Å². The molecule has 0 bridgehead atoms. The molecule has 1 aromatic rings. The molecule has 0 radical (unpaired) electrons. The lowest BCUT2D eigenvalue weighted by molar-refractivity contribution is 0.0932. The van der Waals surface area contributed by atoms with Gasteiger partial charge in [-0.15, -0.1) is 0 Å². The Kier molecular flexibility index (Phi) is 6.84. The highest BCUT2D eigenvalue weighted by molar-refractivity contribution is 5.92. The molecule has 1 amide bonds. The van der Waals surface area contributed by atoms with E-state index in [1.54, 1.807) is 19.4 Å². The first kappa shape index (κ1) is 15.4. The fourth-order valence-electron chi connectivity index (χ4n) is 1.41. The fourth-order valence-corrected chi connectivity index (χ4v) is 1.41. The number of nitrogens with zero attached hydrogens (tertiary/aromatic N) is 2. The van der Waals surface area contributed by atoms with Crippen LogP contribution in [0.2, 0.25) is 0 Å². The zero-order chi connectivity index (χ0) is 14.1. The summed E-state index contributed by atoms with van der Waals surface area (Å²) in [4.78, 5) is 17.9.